The van der Waals surface area contributed by atoms with Crippen LogP contribution in [0.3, 0.4) is 0 Å². The largest absolute Gasteiger partial charge is 0.310 e. The second-order valence-corrected chi connectivity index (χ2v) is 5.54. The maximum Gasteiger partial charge on any atom is 0.254 e. The predicted molar refractivity (Wildman–Crippen MR) is 76.6 cm³/mol. The van der Waals surface area contributed by atoms with Gasteiger partial charge in [-0.05, 0) is 27.4 Å². The van der Waals surface area contributed by atoms with Gasteiger partial charge in [0.1, 0.15) is 5.82 Å². The van der Waals surface area contributed by atoms with Crippen LogP contribution >= 0.6 is 0 Å². The van der Waals surface area contributed by atoms with E-state index < -0.39 is 0 Å². The monoisotopic (exact) mass is 264 g/mol. The Morgan fingerprint density at radius 2 is 2.11 bits per heavy atom. The molecule has 1 saturated heterocycles. The van der Waals surface area contributed by atoms with Crippen LogP contribution in [0, 0.1) is 6.92 Å². The molecule has 1 N–H and O–H groups in total. The van der Waals surface area contributed by atoms with E-state index in [1.165, 1.54) is 0 Å². The summed E-state index contributed by atoms with van der Waals surface area (Å²) in [5.41, 5.74) is 1.68. The van der Waals surface area contributed by atoms with Gasteiger partial charge in [0.25, 0.3) is 5.56 Å². The quantitative estimate of drug-likeness (QED) is 0.860. The van der Waals surface area contributed by atoms with Crippen molar-refractivity contribution in [3.05, 3.63) is 27.4 Å². The molecule has 1 aromatic heterocycles. The van der Waals surface area contributed by atoms with Gasteiger partial charge in [-0.1, -0.05) is 6.92 Å². The number of rotatable bonds is 3. The number of H-pyrrole nitrogens is 1. The lowest BCUT2D eigenvalue weighted by molar-refractivity contribution is 0.113. The van der Waals surface area contributed by atoms with Crippen LogP contribution in [0.1, 0.15) is 24.0 Å². The highest BCUT2D eigenvalue weighted by Crippen LogP contribution is 2.10. The van der Waals surface area contributed by atoms with Crippen LogP contribution in [-0.4, -0.2) is 59.5 Å². The first-order valence-corrected chi connectivity index (χ1v) is 6.98. The maximum absolute atomic E-state index is 11.9. The van der Waals surface area contributed by atoms with Gasteiger partial charge in [0, 0.05) is 37.7 Å². The fraction of sp³-hybridized carbons (Fsp3) is 0.714. The molecule has 0 radical (unpaired) electrons. The van der Waals surface area contributed by atoms with E-state index in [1.807, 2.05) is 13.8 Å². The summed E-state index contributed by atoms with van der Waals surface area (Å²) in [6, 6.07) is 0.425. The van der Waals surface area contributed by atoms with Crippen LogP contribution in [0.2, 0.25) is 0 Å². The minimum absolute atomic E-state index is 0.00803. The molecule has 106 valence electrons. The van der Waals surface area contributed by atoms with Gasteiger partial charge in [-0.3, -0.25) is 4.79 Å². The SMILES string of the molecule is CCc1nc(CC2CN(C)CCN2C)[nH]c(=O)c1C. The number of hydrogen-bond acceptors (Lipinski definition) is 4. The summed E-state index contributed by atoms with van der Waals surface area (Å²) in [6.07, 6.45) is 1.62. The van der Waals surface area contributed by atoms with E-state index >= 15 is 0 Å². The lowest BCUT2D eigenvalue weighted by Gasteiger charge is -2.37. The highest BCUT2D eigenvalue weighted by atomic mass is 16.1. The fourth-order valence-corrected chi connectivity index (χ4v) is 2.62. The standard InChI is InChI=1S/C14H24N4O/c1-5-12-10(2)14(19)16-13(15-12)8-11-9-17(3)6-7-18(11)4/h11H,5-9H2,1-4H3,(H,15,16,19). The molecule has 5 heteroatoms. The van der Waals surface area contributed by atoms with E-state index in [2.05, 4.69) is 33.9 Å². The van der Waals surface area contributed by atoms with Gasteiger partial charge < -0.3 is 14.8 Å². The Kier molecular flexibility index (Phi) is 4.37. The predicted octanol–water partition coefficient (Wildman–Crippen LogP) is 0.429. The summed E-state index contributed by atoms with van der Waals surface area (Å²) < 4.78 is 0. The van der Waals surface area contributed by atoms with E-state index in [-0.39, 0.29) is 5.56 Å². The first-order chi connectivity index (χ1) is 9.01. The van der Waals surface area contributed by atoms with Crippen molar-refractivity contribution in [2.45, 2.75) is 32.7 Å². The summed E-state index contributed by atoms with van der Waals surface area (Å²) in [7, 11) is 4.29. The smallest absolute Gasteiger partial charge is 0.254 e. The van der Waals surface area contributed by atoms with Crippen LogP contribution < -0.4 is 5.56 Å². The molecule has 5 nitrogen and oxygen atoms in total. The molecule has 2 rings (SSSR count). The van der Waals surface area contributed by atoms with Gasteiger partial charge in [0.15, 0.2) is 0 Å². The molecular weight excluding hydrogens is 240 g/mol. The molecule has 0 bridgehead atoms. The zero-order chi connectivity index (χ0) is 14.0. The molecule has 1 unspecified atom stereocenters. The average molecular weight is 264 g/mol. The zero-order valence-corrected chi connectivity index (χ0v) is 12.4. The topological polar surface area (TPSA) is 52.2 Å². The Morgan fingerprint density at radius 3 is 2.79 bits per heavy atom. The van der Waals surface area contributed by atoms with Gasteiger partial charge in [0.2, 0.25) is 0 Å². The number of likely N-dealkylation sites (N-methyl/N-ethyl adjacent to an activating group) is 2. The number of nitrogens with one attached hydrogen (secondary N) is 1. The number of aromatic nitrogens is 2. The first kappa shape index (κ1) is 14.2. The lowest BCUT2D eigenvalue weighted by atomic mass is 10.1. The maximum atomic E-state index is 11.9. The van der Waals surface area contributed by atoms with Crippen LogP contribution in [0.25, 0.3) is 0 Å². The minimum atomic E-state index is 0.00803. The lowest BCUT2D eigenvalue weighted by Crippen LogP contribution is -2.51. The number of aryl methyl sites for hydroxylation is 1. The number of hydrogen-bond donors (Lipinski definition) is 1. The molecule has 1 aromatic rings. The molecule has 1 aliphatic heterocycles. The molecule has 0 spiro atoms. The Hall–Kier alpha value is -1.20. The van der Waals surface area contributed by atoms with E-state index in [0.717, 1.165) is 49.6 Å². The number of piperazine rings is 1. The third-order valence-electron chi connectivity index (χ3n) is 4.05. The summed E-state index contributed by atoms with van der Waals surface area (Å²) in [6.45, 7) is 7.08. The third-order valence-corrected chi connectivity index (χ3v) is 4.05. The molecule has 19 heavy (non-hydrogen) atoms. The van der Waals surface area contributed by atoms with Crippen molar-refractivity contribution in [2.24, 2.45) is 0 Å². The zero-order valence-electron chi connectivity index (χ0n) is 12.4. The van der Waals surface area contributed by atoms with E-state index in [9.17, 15) is 4.79 Å². The molecule has 0 saturated carbocycles. The van der Waals surface area contributed by atoms with Crippen molar-refractivity contribution >= 4 is 0 Å². The summed E-state index contributed by atoms with van der Waals surface area (Å²) >= 11 is 0. The highest BCUT2D eigenvalue weighted by Gasteiger charge is 2.23. The first-order valence-electron chi connectivity index (χ1n) is 6.98. The van der Waals surface area contributed by atoms with E-state index in [1.54, 1.807) is 0 Å². The van der Waals surface area contributed by atoms with Gasteiger partial charge >= 0.3 is 0 Å². The third kappa shape index (κ3) is 3.22. The number of aromatic amines is 1. The van der Waals surface area contributed by atoms with Crippen molar-refractivity contribution in [3.63, 3.8) is 0 Å². The molecule has 0 aromatic carbocycles. The van der Waals surface area contributed by atoms with Crippen molar-refractivity contribution in [2.75, 3.05) is 33.7 Å². The second-order valence-electron chi connectivity index (χ2n) is 5.54. The minimum Gasteiger partial charge on any atom is -0.310 e. The van der Waals surface area contributed by atoms with Crippen LogP contribution in [-0.2, 0) is 12.8 Å². The molecule has 0 amide bonds. The molecule has 1 aliphatic rings. The molecule has 1 atom stereocenters. The summed E-state index contributed by atoms with van der Waals surface area (Å²) in [5.74, 6) is 0.819. The molecule has 2 heterocycles. The normalized spacial score (nSPS) is 21.8. The van der Waals surface area contributed by atoms with E-state index in [4.69, 9.17) is 0 Å². The fourth-order valence-electron chi connectivity index (χ4n) is 2.62. The molecule has 1 fully saturated rings. The van der Waals surface area contributed by atoms with Gasteiger partial charge in [-0.25, -0.2) is 4.98 Å². The van der Waals surface area contributed by atoms with Crippen molar-refractivity contribution in [1.29, 1.82) is 0 Å². The second kappa shape index (κ2) is 5.84. The van der Waals surface area contributed by atoms with Gasteiger partial charge in [0.05, 0.1) is 5.69 Å². The number of nitrogens with zero attached hydrogens (tertiary/aromatic N) is 3. The van der Waals surface area contributed by atoms with Crippen molar-refractivity contribution in [1.82, 2.24) is 19.8 Å². The van der Waals surface area contributed by atoms with Crippen molar-refractivity contribution in [3.8, 4) is 0 Å². The van der Waals surface area contributed by atoms with E-state index in [0.29, 0.717) is 6.04 Å². The Labute approximate surface area is 114 Å². The van der Waals surface area contributed by atoms with Gasteiger partial charge in [-0.15, -0.1) is 0 Å². The molecule has 0 aliphatic carbocycles. The van der Waals surface area contributed by atoms with Crippen LogP contribution in [0.4, 0.5) is 0 Å². The Balaban J connectivity index is 2.18. The van der Waals surface area contributed by atoms with Crippen LogP contribution in [0.15, 0.2) is 4.79 Å². The van der Waals surface area contributed by atoms with Crippen LogP contribution in [0.5, 0.6) is 0 Å². The average Bonchev–Trinajstić information content (AvgIpc) is 2.38. The van der Waals surface area contributed by atoms with Gasteiger partial charge in [-0.2, -0.15) is 0 Å². The highest BCUT2D eigenvalue weighted by molar-refractivity contribution is 5.16. The summed E-state index contributed by atoms with van der Waals surface area (Å²) in [5, 5.41) is 0. The Bertz CT molecular complexity index is 497. The summed E-state index contributed by atoms with van der Waals surface area (Å²) in [4.78, 5) is 24.1. The van der Waals surface area contributed by atoms with Crippen molar-refractivity contribution < 1.29 is 0 Å². The Morgan fingerprint density at radius 1 is 1.37 bits per heavy atom. The molecular formula is C14H24N4O.